The molecule has 0 aliphatic heterocycles. The number of nitrogen functional groups attached to an aromatic ring is 1. The lowest BCUT2D eigenvalue weighted by Crippen LogP contribution is -2.33. The van der Waals surface area contributed by atoms with Gasteiger partial charge in [0.25, 0.3) is 5.91 Å². The van der Waals surface area contributed by atoms with Crippen molar-refractivity contribution in [3.8, 4) is 0 Å². The molecule has 1 aromatic carbocycles. The standard InChI is InChI=1S/C11H15FN2O2/c1-2-14(5-6-15)11(16)8-3-4-9(12)10(13)7-8/h3-4,7,15H,2,5-6,13H2,1H3. The molecule has 0 saturated heterocycles. The minimum atomic E-state index is -0.540. The maximum atomic E-state index is 12.9. The second kappa shape index (κ2) is 5.46. The van der Waals surface area contributed by atoms with Crippen LogP contribution in [0, 0.1) is 5.82 Å². The zero-order valence-corrected chi connectivity index (χ0v) is 9.11. The fraction of sp³-hybridized carbons (Fsp3) is 0.364. The molecule has 1 aromatic rings. The number of aliphatic hydroxyl groups excluding tert-OH is 1. The summed E-state index contributed by atoms with van der Waals surface area (Å²) >= 11 is 0. The highest BCUT2D eigenvalue weighted by molar-refractivity contribution is 5.95. The van der Waals surface area contributed by atoms with Crippen molar-refractivity contribution in [2.75, 3.05) is 25.4 Å². The van der Waals surface area contributed by atoms with Crippen molar-refractivity contribution in [2.24, 2.45) is 0 Å². The van der Waals surface area contributed by atoms with Gasteiger partial charge in [-0.25, -0.2) is 4.39 Å². The van der Waals surface area contributed by atoms with E-state index in [1.165, 1.54) is 17.0 Å². The largest absolute Gasteiger partial charge is 0.396 e. The van der Waals surface area contributed by atoms with Gasteiger partial charge in [-0.15, -0.1) is 0 Å². The summed E-state index contributed by atoms with van der Waals surface area (Å²) in [5.41, 5.74) is 5.66. The highest BCUT2D eigenvalue weighted by Gasteiger charge is 2.14. The molecule has 0 radical (unpaired) electrons. The second-order valence-corrected chi connectivity index (χ2v) is 3.34. The zero-order chi connectivity index (χ0) is 12.1. The molecule has 88 valence electrons. The summed E-state index contributed by atoms with van der Waals surface area (Å²) in [6.45, 7) is 2.44. The van der Waals surface area contributed by atoms with E-state index in [9.17, 15) is 9.18 Å². The molecule has 0 heterocycles. The van der Waals surface area contributed by atoms with Crippen molar-refractivity contribution in [2.45, 2.75) is 6.92 Å². The van der Waals surface area contributed by atoms with Crippen molar-refractivity contribution in [1.29, 1.82) is 0 Å². The molecular formula is C11H15FN2O2. The van der Waals surface area contributed by atoms with E-state index in [2.05, 4.69) is 0 Å². The Labute approximate surface area is 93.5 Å². The van der Waals surface area contributed by atoms with Crippen LogP contribution in [-0.4, -0.2) is 35.6 Å². The lowest BCUT2D eigenvalue weighted by molar-refractivity contribution is 0.0732. The Morgan fingerprint density at radius 1 is 1.56 bits per heavy atom. The number of carbonyl (C=O) groups excluding carboxylic acids is 1. The lowest BCUT2D eigenvalue weighted by atomic mass is 10.1. The van der Waals surface area contributed by atoms with Gasteiger partial charge in [0.1, 0.15) is 5.82 Å². The van der Waals surface area contributed by atoms with E-state index in [-0.39, 0.29) is 24.7 Å². The van der Waals surface area contributed by atoms with Crippen LogP contribution in [0.1, 0.15) is 17.3 Å². The second-order valence-electron chi connectivity index (χ2n) is 3.34. The summed E-state index contributed by atoms with van der Waals surface area (Å²) in [7, 11) is 0. The highest BCUT2D eigenvalue weighted by Crippen LogP contribution is 2.13. The van der Waals surface area contributed by atoms with Gasteiger partial charge in [-0.2, -0.15) is 0 Å². The van der Waals surface area contributed by atoms with E-state index in [4.69, 9.17) is 10.8 Å². The van der Waals surface area contributed by atoms with Crippen LogP contribution in [-0.2, 0) is 0 Å². The van der Waals surface area contributed by atoms with E-state index >= 15 is 0 Å². The van der Waals surface area contributed by atoms with Gasteiger partial charge in [0.15, 0.2) is 0 Å². The smallest absolute Gasteiger partial charge is 0.254 e. The third-order valence-corrected chi connectivity index (χ3v) is 2.28. The van der Waals surface area contributed by atoms with Crippen molar-refractivity contribution in [3.05, 3.63) is 29.6 Å². The average molecular weight is 226 g/mol. The zero-order valence-electron chi connectivity index (χ0n) is 9.11. The van der Waals surface area contributed by atoms with Crippen LogP contribution >= 0.6 is 0 Å². The molecule has 0 saturated carbocycles. The molecule has 0 atom stereocenters. The summed E-state index contributed by atoms with van der Waals surface area (Å²) in [6.07, 6.45) is 0. The number of aliphatic hydroxyl groups is 1. The summed E-state index contributed by atoms with van der Waals surface area (Å²) in [4.78, 5) is 13.3. The van der Waals surface area contributed by atoms with E-state index in [0.717, 1.165) is 6.07 Å². The minimum absolute atomic E-state index is 0.0501. The molecule has 0 unspecified atom stereocenters. The SMILES string of the molecule is CCN(CCO)C(=O)c1ccc(F)c(N)c1. The molecule has 0 aromatic heterocycles. The molecule has 0 bridgehead atoms. The first kappa shape index (κ1) is 12.4. The molecule has 0 aliphatic rings. The molecule has 1 rings (SSSR count). The predicted octanol–water partition coefficient (Wildman–Crippen LogP) is 0.862. The Morgan fingerprint density at radius 2 is 2.25 bits per heavy atom. The monoisotopic (exact) mass is 226 g/mol. The van der Waals surface area contributed by atoms with Crippen molar-refractivity contribution in [1.82, 2.24) is 4.90 Å². The Balaban J connectivity index is 2.90. The minimum Gasteiger partial charge on any atom is -0.396 e. The lowest BCUT2D eigenvalue weighted by Gasteiger charge is -2.19. The van der Waals surface area contributed by atoms with Crippen LogP contribution < -0.4 is 5.73 Å². The Kier molecular flexibility index (Phi) is 4.25. The van der Waals surface area contributed by atoms with Gasteiger partial charge in [-0.05, 0) is 25.1 Å². The van der Waals surface area contributed by atoms with Crippen LogP contribution in [0.15, 0.2) is 18.2 Å². The Bertz CT molecular complexity index is 382. The number of anilines is 1. The normalized spacial score (nSPS) is 10.2. The molecule has 0 spiro atoms. The fourth-order valence-electron chi connectivity index (χ4n) is 1.38. The maximum Gasteiger partial charge on any atom is 0.254 e. The first-order chi connectivity index (χ1) is 7.60. The number of nitrogens with zero attached hydrogens (tertiary/aromatic N) is 1. The molecule has 0 fully saturated rings. The molecule has 4 nitrogen and oxygen atoms in total. The van der Waals surface area contributed by atoms with Crippen LogP contribution in [0.2, 0.25) is 0 Å². The molecular weight excluding hydrogens is 211 g/mol. The summed E-state index contributed by atoms with van der Waals surface area (Å²) in [6, 6.07) is 3.85. The van der Waals surface area contributed by atoms with Crippen LogP contribution in [0.4, 0.5) is 10.1 Å². The number of carbonyl (C=O) groups is 1. The van der Waals surface area contributed by atoms with E-state index in [1.54, 1.807) is 6.92 Å². The number of hydrogen-bond acceptors (Lipinski definition) is 3. The van der Waals surface area contributed by atoms with Gasteiger partial charge in [-0.1, -0.05) is 0 Å². The van der Waals surface area contributed by atoms with Gasteiger partial charge in [0.2, 0.25) is 0 Å². The first-order valence-electron chi connectivity index (χ1n) is 5.05. The molecule has 16 heavy (non-hydrogen) atoms. The number of hydrogen-bond donors (Lipinski definition) is 2. The van der Waals surface area contributed by atoms with E-state index < -0.39 is 5.82 Å². The maximum absolute atomic E-state index is 12.9. The number of amides is 1. The third kappa shape index (κ3) is 2.70. The van der Waals surface area contributed by atoms with Crippen molar-refractivity contribution >= 4 is 11.6 Å². The van der Waals surface area contributed by atoms with Crippen molar-refractivity contribution < 1.29 is 14.3 Å². The molecule has 1 amide bonds. The number of likely N-dealkylation sites (N-methyl/N-ethyl adjacent to an activating group) is 1. The van der Waals surface area contributed by atoms with Crippen LogP contribution in [0.3, 0.4) is 0 Å². The van der Waals surface area contributed by atoms with Crippen LogP contribution in [0.5, 0.6) is 0 Å². The van der Waals surface area contributed by atoms with Gasteiger partial charge in [-0.3, -0.25) is 4.79 Å². The fourth-order valence-corrected chi connectivity index (χ4v) is 1.38. The number of benzene rings is 1. The number of nitrogens with two attached hydrogens (primary N) is 1. The van der Waals surface area contributed by atoms with Gasteiger partial charge >= 0.3 is 0 Å². The first-order valence-corrected chi connectivity index (χ1v) is 5.05. The van der Waals surface area contributed by atoms with Crippen molar-refractivity contribution in [3.63, 3.8) is 0 Å². The van der Waals surface area contributed by atoms with E-state index in [0.29, 0.717) is 12.1 Å². The predicted molar refractivity (Wildman–Crippen MR) is 59.5 cm³/mol. The number of halogens is 1. The summed E-state index contributed by atoms with van der Waals surface area (Å²) < 4.78 is 12.9. The quantitative estimate of drug-likeness (QED) is 0.748. The summed E-state index contributed by atoms with van der Waals surface area (Å²) in [5.74, 6) is -0.801. The Hall–Kier alpha value is -1.62. The van der Waals surface area contributed by atoms with Crippen LogP contribution in [0.25, 0.3) is 0 Å². The van der Waals surface area contributed by atoms with Gasteiger partial charge in [0, 0.05) is 18.7 Å². The Morgan fingerprint density at radius 3 is 2.75 bits per heavy atom. The molecule has 3 N–H and O–H groups in total. The highest BCUT2D eigenvalue weighted by atomic mass is 19.1. The summed E-state index contributed by atoms with van der Waals surface area (Å²) in [5, 5.41) is 8.78. The van der Waals surface area contributed by atoms with Gasteiger partial charge in [0.05, 0.1) is 12.3 Å². The topological polar surface area (TPSA) is 66.6 Å². The third-order valence-electron chi connectivity index (χ3n) is 2.28. The molecule has 0 aliphatic carbocycles. The average Bonchev–Trinajstić information content (AvgIpc) is 2.28. The number of rotatable bonds is 4. The van der Waals surface area contributed by atoms with E-state index in [1.807, 2.05) is 0 Å². The van der Waals surface area contributed by atoms with Gasteiger partial charge < -0.3 is 15.7 Å². The molecule has 5 heteroatoms.